The number of nitrogens with one attached hydrogen (secondary N) is 1. The molecule has 1 unspecified atom stereocenters. The average Bonchev–Trinajstić information content (AvgIpc) is 2.37. The number of fused-ring (bicyclic) bond motifs is 1. The van der Waals surface area contributed by atoms with Crippen LogP contribution >= 0.6 is 12.2 Å². The molecule has 1 aromatic heterocycles. The van der Waals surface area contributed by atoms with Crippen molar-refractivity contribution in [3.8, 4) is 6.07 Å². The molecule has 0 amide bonds. The van der Waals surface area contributed by atoms with Crippen molar-refractivity contribution in [3.63, 3.8) is 0 Å². The van der Waals surface area contributed by atoms with E-state index in [1.807, 2.05) is 12.1 Å². The Kier molecular flexibility index (Phi) is 4.06. The van der Waals surface area contributed by atoms with Crippen molar-refractivity contribution in [2.45, 2.75) is 33.1 Å². The summed E-state index contributed by atoms with van der Waals surface area (Å²) in [7, 11) is 0. The van der Waals surface area contributed by atoms with Gasteiger partial charge in [-0.15, -0.1) is 0 Å². The highest BCUT2D eigenvalue weighted by molar-refractivity contribution is 7.71. The topological polar surface area (TPSA) is 65.6 Å². The van der Waals surface area contributed by atoms with Gasteiger partial charge < -0.3 is 10.7 Å². The van der Waals surface area contributed by atoms with Crippen molar-refractivity contribution in [2.24, 2.45) is 17.6 Å². The predicted octanol–water partition coefficient (Wildman–Crippen LogP) is 3.33. The van der Waals surface area contributed by atoms with Gasteiger partial charge in [-0.1, -0.05) is 26.1 Å². The molecule has 0 radical (unpaired) electrons. The fourth-order valence-electron chi connectivity index (χ4n) is 2.65. The van der Waals surface area contributed by atoms with Crippen LogP contribution in [0.25, 0.3) is 5.70 Å². The molecule has 4 heteroatoms. The van der Waals surface area contributed by atoms with Crippen LogP contribution in [0, 0.1) is 27.8 Å². The monoisotopic (exact) mass is 273 g/mol. The third-order valence-electron chi connectivity index (χ3n) is 3.94. The molecule has 0 aromatic carbocycles. The Morgan fingerprint density at radius 2 is 2.37 bits per heavy atom. The molecule has 1 atom stereocenters. The zero-order valence-corrected chi connectivity index (χ0v) is 12.2. The molecule has 2 rings (SSSR count). The van der Waals surface area contributed by atoms with Crippen molar-refractivity contribution < 1.29 is 0 Å². The third-order valence-corrected chi connectivity index (χ3v) is 4.26. The number of allylic oxidation sites excluding steroid dienone is 1. The Morgan fingerprint density at radius 1 is 1.63 bits per heavy atom. The quantitative estimate of drug-likeness (QED) is 0.641. The molecule has 1 aliphatic carbocycles. The molecule has 0 bridgehead atoms. The second kappa shape index (κ2) is 5.58. The summed E-state index contributed by atoms with van der Waals surface area (Å²) in [5.74, 6) is 1.41. The Bertz CT molecular complexity index is 605. The van der Waals surface area contributed by atoms with Gasteiger partial charge in [-0.2, -0.15) is 5.26 Å². The predicted molar refractivity (Wildman–Crippen MR) is 79.8 cm³/mol. The van der Waals surface area contributed by atoms with Crippen LogP contribution in [-0.4, -0.2) is 4.98 Å². The number of aromatic nitrogens is 1. The molecular weight excluding hydrogens is 254 g/mol. The Morgan fingerprint density at radius 3 is 3.00 bits per heavy atom. The van der Waals surface area contributed by atoms with Crippen LogP contribution in [0.1, 0.15) is 37.1 Å². The first-order valence-corrected chi connectivity index (χ1v) is 7.04. The lowest BCUT2D eigenvalue weighted by Gasteiger charge is -2.27. The third kappa shape index (κ3) is 2.87. The summed E-state index contributed by atoms with van der Waals surface area (Å²) in [6.45, 7) is 4.54. The number of pyridine rings is 1. The molecule has 1 aliphatic rings. The highest BCUT2D eigenvalue weighted by atomic mass is 32.1. The van der Waals surface area contributed by atoms with Gasteiger partial charge in [-0.25, -0.2) is 0 Å². The standard InChI is InChI=1S/C15H19N3S/c1-9(2)10-3-4-11-7-12(13(17)5-6-16)15(19)18-14(11)8-10/h5,7,9-10H,3-4,8,17H2,1-2H3,(H,18,19)/b13-5-. The van der Waals surface area contributed by atoms with E-state index in [0.29, 0.717) is 16.3 Å². The van der Waals surface area contributed by atoms with Crippen molar-refractivity contribution in [3.05, 3.63) is 33.6 Å². The number of hydrogen-bond acceptors (Lipinski definition) is 3. The number of aryl methyl sites for hydroxylation is 1. The number of hydrogen-bond donors (Lipinski definition) is 2. The summed E-state index contributed by atoms with van der Waals surface area (Å²) >= 11 is 5.35. The molecule has 3 N–H and O–H groups in total. The Hall–Kier alpha value is -1.60. The van der Waals surface area contributed by atoms with Crippen LogP contribution < -0.4 is 5.73 Å². The maximum atomic E-state index is 8.67. The van der Waals surface area contributed by atoms with E-state index in [-0.39, 0.29) is 0 Å². The van der Waals surface area contributed by atoms with Gasteiger partial charge in [0.05, 0.1) is 11.8 Å². The highest BCUT2D eigenvalue weighted by Crippen LogP contribution is 2.30. The number of nitrogens with zero attached hydrogens (tertiary/aromatic N) is 1. The zero-order chi connectivity index (χ0) is 14.0. The minimum atomic E-state index is 0.442. The van der Waals surface area contributed by atoms with Gasteiger partial charge in [-0.05, 0) is 42.7 Å². The van der Waals surface area contributed by atoms with E-state index in [1.54, 1.807) is 0 Å². The minimum Gasteiger partial charge on any atom is -0.398 e. The largest absolute Gasteiger partial charge is 0.398 e. The minimum absolute atomic E-state index is 0.442. The van der Waals surface area contributed by atoms with Crippen LogP contribution in [-0.2, 0) is 12.8 Å². The first kappa shape index (κ1) is 13.8. The van der Waals surface area contributed by atoms with Crippen molar-refractivity contribution in [2.75, 3.05) is 0 Å². The Labute approximate surface area is 119 Å². The molecule has 3 nitrogen and oxygen atoms in total. The van der Waals surface area contributed by atoms with Crippen molar-refractivity contribution in [1.82, 2.24) is 4.98 Å². The number of nitriles is 1. The normalized spacial score (nSPS) is 19.1. The van der Waals surface area contributed by atoms with Gasteiger partial charge in [0.2, 0.25) is 0 Å². The van der Waals surface area contributed by atoms with E-state index in [4.69, 9.17) is 23.2 Å². The summed E-state index contributed by atoms with van der Waals surface area (Å²) < 4.78 is 0.632. The van der Waals surface area contributed by atoms with E-state index in [0.717, 1.165) is 24.3 Å². The first-order valence-electron chi connectivity index (χ1n) is 6.63. The van der Waals surface area contributed by atoms with E-state index < -0.39 is 0 Å². The first-order chi connectivity index (χ1) is 9.02. The zero-order valence-electron chi connectivity index (χ0n) is 11.4. The maximum Gasteiger partial charge on any atom is 0.112 e. The molecule has 1 aromatic rings. The molecule has 1 heterocycles. The van der Waals surface area contributed by atoms with Crippen molar-refractivity contribution in [1.29, 1.82) is 5.26 Å². The number of H-pyrrole nitrogens is 1. The molecule has 0 aliphatic heterocycles. The summed E-state index contributed by atoms with van der Waals surface area (Å²) in [5.41, 5.74) is 9.61. The molecule has 0 saturated heterocycles. The molecule has 19 heavy (non-hydrogen) atoms. The van der Waals surface area contributed by atoms with E-state index in [2.05, 4.69) is 18.8 Å². The van der Waals surface area contributed by atoms with Crippen LogP contribution in [0.5, 0.6) is 0 Å². The second-order valence-electron chi connectivity index (χ2n) is 5.49. The van der Waals surface area contributed by atoms with E-state index in [9.17, 15) is 0 Å². The number of nitrogens with two attached hydrogens (primary N) is 1. The van der Waals surface area contributed by atoms with Crippen LogP contribution in [0.3, 0.4) is 0 Å². The molecule has 0 fully saturated rings. The number of rotatable bonds is 2. The lowest BCUT2D eigenvalue weighted by atomic mass is 9.80. The molecule has 0 spiro atoms. The fourth-order valence-corrected chi connectivity index (χ4v) is 2.95. The maximum absolute atomic E-state index is 8.67. The van der Waals surface area contributed by atoms with Gasteiger partial charge in [-0.3, -0.25) is 0 Å². The van der Waals surface area contributed by atoms with Gasteiger partial charge in [0.15, 0.2) is 0 Å². The average molecular weight is 273 g/mol. The van der Waals surface area contributed by atoms with Crippen LogP contribution in [0.2, 0.25) is 0 Å². The SMILES string of the molecule is CC(C)C1CCc2cc(/C(N)=C/C#N)c(=S)[nH]c2C1. The van der Waals surface area contributed by atoms with Gasteiger partial charge in [0, 0.05) is 17.3 Å². The van der Waals surface area contributed by atoms with Gasteiger partial charge >= 0.3 is 0 Å². The van der Waals surface area contributed by atoms with Crippen LogP contribution in [0.4, 0.5) is 0 Å². The molecule has 0 saturated carbocycles. The fraction of sp³-hybridized carbons (Fsp3) is 0.467. The summed E-state index contributed by atoms with van der Waals surface area (Å²) in [4.78, 5) is 3.31. The lowest BCUT2D eigenvalue weighted by Crippen LogP contribution is -2.20. The van der Waals surface area contributed by atoms with Crippen LogP contribution in [0.15, 0.2) is 12.1 Å². The summed E-state index contributed by atoms with van der Waals surface area (Å²) in [6, 6.07) is 4.00. The van der Waals surface area contributed by atoms with E-state index in [1.165, 1.54) is 23.8 Å². The Balaban J connectivity index is 2.40. The number of aromatic amines is 1. The van der Waals surface area contributed by atoms with Crippen molar-refractivity contribution >= 4 is 17.9 Å². The highest BCUT2D eigenvalue weighted by Gasteiger charge is 2.22. The smallest absolute Gasteiger partial charge is 0.112 e. The second-order valence-corrected chi connectivity index (χ2v) is 5.90. The summed E-state index contributed by atoms with van der Waals surface area (Å²) in [6.07, 6.45) is 4.65. The van der Waals surface area contributed by atoms with Gasteiger partial charge in [0.25, 0.3) is 0 Å². The molecular formula is C15H19N3S. The lowest BCUT2D eigenvalue weighted by molar-refractivity contribution is 0.338. The molecule has 100 valence electrons. The summed E-state index contributed by atoms with van der Waals surface area (Å²) in [5, 5.41) is 8.67. The van der Waals surface area contributed by atoms with Gasteiger partial charge in [0.1, 0.15) is 4.64 Å². The van der Waals surface area contributed by atoms with E-state index >= 15 is 0 Å².